The van der Waals surface area contributed by atoms with Crippen molar-refractivity contribution in [1.82, 2.24) is 14.8 Å². The summed E-state index contributed by atoms with van der Waals surface area (Å²) in [4.78, 5) is 30.8. The number of fused-ring (bicyclic) bond motifs is 1. The molecule has 0 aliphatic rings. The molecule has 0 atom stereocenters. The van der Waals surface area contributed by atoms with E-state index in [1.807, 2.05) is 19.1 Å². The number of carbonyl (C=O) groups is 2. The van der Waals surface area contributed by atoms with Crippen LogP contribution >= 0.6 is 22.7 Å². The number of nitrogens with two attached hydrogens (primary N) is 1. The Morgan fingerprint density at radius 3 is 2.58 bits per heavy atom. The molecule has 0 saturated heterocycles. The zero-order valence-electron chi connectivity index (χ0n) is 16.5. The van der Waals surface area contributed by atoms with Crippen LogP contribution in [0.2, 0.25) is 0 Å². The van der Waals surface area contributed by atoms with Gasteiger partial charge in [-0.15, -0.1) is 22.7 Å². The van der Waals surface area contributed by atoms with Gasteiger partial charge in [0.1, 0.15) is 21.9 Å². The molecule has 0 saturated carbocycles. The minimum absolute atomic E-state index is 0.0495. The van der Waals surface area contributed by atoms with Crippen molar-refractivity contribution in [1.29, 1.82) is 0 Å². The maximum absolute atomic E-state index is 13.5. The van der Waals surface area contributed by atoms with Gasteiger partial charge in [-0.2, -0.15) is 5.10 Å². The molecule has 2 amide bonds. The molecule has 0 unspecified atom stereocenters. The van der Waals surface area contributed by atoms with Crippen LogP contribution in [0.5, 0.6) is 0 Å². The third-order valence-electron chi connectivity index (χ3n) is 4.48. The highest BCUT2D eigenvalue weighted by molar-refractivity contribution is 7.21. The highest BCUT2D eigenvalue weighted by atomic mass is 32.1. The predicted octanol–water partition coefficient (Wildman–Crippen LogP) is 4.51. The minimum atomic E-state index is -2.79. The fourth-order valence-corrected chi connectivity index (χ4v) is 5.08. The Bertz CT molecular complexity index is 1310. The van der Waals surface area contributed by atoms with E-state index < -0.39 is 23.9 Å². The molecule has 4 aromatic rings. The maximum atomic E-state index is 13.5. The lowest BCUT2D eigenvalue weighted by Crippen LogP contribution is -2.21. The number of amides is 2. The molecule has 0 fully saturated rings. The smallest absolute Gasteiger partial charge is 0.280 e. The van der Waals surface area contributed by atoms with E-state index in [1.54, 1.807) is 19.2 Å². The molecule has 31 heavy (non-hydrogen) atoms. The van der Waals surface area contributed by atoms with Crippen molar-refractivity contribution in [3.05, 3.63) is 51.6 Å². The Morgan fingerprint density at radius 2 is 2.00 bits per heavy atom. The lowest BCUT2D eigenvalue weighted by molar-refractivity contribution is -0.116. The number of rotatable bonds is 6. The number of pyridine rings is 1. The van der Waals surface area contributed by atoms with Gasteiger partial charge >= 0.3 is 0 Å². The summed E-state index contributed by atoms with van der Waals surface area (Å²) in [6, 6.07) is 6.73. The highest BCUT2D eigenvalue weighted by Gasteiger charge is 2.25. The minimum Gasteiger partial charge on any atom is -0.365 e. The Kier molecular flexibility index (Phi) is 5.54. The lowest BCUT2D eigenvalue weighted by atomic mass is 10.1. The van der Waals surface area contributed by atoms with Gasteiger partial charge in [-0.25, -0.2) is 13.8 Å². The SMILES string of the molecule is Cc1ccn(CC(=O)Nc2c(C(N)=O)sc3nc(C(F)F)cc(-c4ccc(C)s4)c23)n1. The van der Waals surface area contributed by atoms with Gasteiger partial charge in [-0.05, 0) is 38.1 Å². The second-order valence-electron chi connectivity index (χ2n) is 6.86. The molecule has 4 heterocycles. The third kappa shape index (κ3) is 4.19. The summed E-state index contributed by atoms with van der Waals surface area (Å²) >= 11 is 2.30. The van der Waals surface area contributed by atoms with Gasteiger partial charge in [0.2, 0.25) is 5.91 Å². The van der Waals surface area contributed by atoms with Crippen molar-refractivity contribution in [3.8, 4) is 10.4 Å². The van der Waals surface area contributed by atoms with E-state index in [-0.39, 0.29) is 21.9 Å². The van der Waals surface area contributed by atoms with Crippen molar-refractivity contribution in [3.63, 3.8) is 0 Å². The van der Waals surface area contributed by atoms with Crippen LogP contribution in [0.15, 0.2) is 30.5 Å². The molecule has 4 aromatic heterocycles. The molecule has 3 N–H and O–H groups in total. The first-order valence-electron chi connectivity index (χ1n) is 9.15. The van der Waals surface area contributed by atoms with E-state index in [2.05, 4.69) is 15.4 Å². The van der Waals surface area contributed by atoms with Crippen LogP contribution in [0.25, 0.3) is 20.7 Å². The van der Waals surface area contributed by atoms with Crippen LogP contribution in [-0.2, 0) is 11.3 Å². The molecule has 0 spiro atoms. The number of alkyl halides is 2. The number of carbonyl (C=O) groups excluding carboxylic acids is 2. The first-order valence-corrected chi connectivity index (χ1v) is 10.8. The fraction of sp³-hybridized carbons (Fsp3) is 0.200. The van der Waals surface area contributed by atoms with E-state index in [0.29, 0.717) is 10.9 Å². The maximum Gasteiger partial charge on any atom is 0.280 e. The van der Waals surface area contributed by atoms with Gasteiger partial charge in [0, 0.05) is 26.9 Å². The molecule has 0 radical (unpaired) electrons. The number of aryl methyl sites for hydroxylation is 2. The van der Waals surface area contributed by atoms with Crippen molar-refractivity contribution in [2.75, 3.05) is 5.32 Å². The first-order chi connectivity index (χ1) is 14.7. The average Bonchev–Trinajstić information content (AvgIpc) is 3.40. The number of anilines is 1. The molecule has 7 nitrogen and oxygen atoms in total. The van der Waals surface area contributed by atoms with Gasteiger partial charge in [-0.3, -0.25) is 14.3 Å². The normalized spacial score (nSPS) is 11.4. The first kappa shape index (κ1) is 21.1. The summed E-state index contributed by atoms with van der Waals surface area (Å²) in [6.07, 6.45) is -1.13. The van der Waals surface area contributed by atoms with Crippen molar-refractivity contribution in [2.45, 2.75) is 26.8 Å². The van der Waals surface area contributed by atoms with Gasteiger partial charge < -0.3 is 11.1 Å². The molecule has 4 rings (SSSR count). The van der Waals surface area contributed by atoms with Gasteiger partial charge in [0.15, 0.2) is 0 Å². The Labute approximate surface area is 183 Å². The molecule has 160 valence electrons. The van der Waals surface area contributed by atoms with Crippen LogP contribution in [0.4, 0.5) is 14.5 Å². The topological polar surface area (TPSA) is 103 Å². The Hall–Kier alpha value is -3.18. The van der Waals surface area contributed by atoms with E-state index in [0.717, 1.165) is 26.8 Å². The molecule has 0 aliphatic carbocycles. The van der Waals surface area contributed by atoms with E-state index in [4.69, 9.17) is 5.73 Å². The van der Waals surface area contributed by atoms with E-state index in [9.17, 15) is 18.4 Å². The molecule has 11 heteroatoms. The van der Waals surface area contributed by atoms with Crippen LogP contribution in [0, 0.1) is 13.8 Å². The zero-order chi connectivity index (χ0) is 22.3. The molecular formula is C20H17F2N5O2S2. The second kappa shape index (κ2) is 8.16. The quantitative estimate of drug-likeness (QED) is 0.441. The summed E-state index contributed by atoms with van der Waals surface area (Å²) in [5, 5.41) is 7.31. The third-order valence-corrected chi connectivity index (χ3v) is 6.61. The summed E-state index contributed by atoms with van der Waals surface area (Å²) in [6.45, 7) is 3.62. The van der Waals surface area contributed by atoms with Gasteiger partial charge in [-0.1, -0.05) is 0 Å². The second-order valence-corrected chi connectivity index (χ2v) is 9.15. The average molecular weight is 462 g/mol. The Morgan fingerprint density at radius 1 is 1.23 bits per heavy atom. The number of aromatic nitrogens is 3. The molecular weight excluding hydrogens is 444 g/mol. The number of primary amides is 1. The summed E-state index contributed by atoms with van der Waals surface area (Å²) in [7, 11) is 0. The van der Waals surface area contributed by atoms with E-state index in [1.165, 1.54) is 22.1 Å². The number of hydrogen-bond donors (Lipinski definition) is 2. The number of halogens is 2. The van der Waals surface area contributed by atoms with Crippen molar-refractivity contribution in [2.24, 2.45) is 5.73 Å². The molecule has 0 bridgehead atoms. The molecule has 0 aromatic carbocycles. The lowest BCUT2D eigenvalue weighted by Gasteiger charge is -2.10. The number of thiophene rings is 2. The number of hydrogen-bond acceptors (Lipinski definition) is 6. The van der Waals surface area contributed by atoms with Gasteiger partial charge in [0.25, 0.3) is 12.3 Å². The fourth-order valence-electron chi connectivity index (χ4n) is 3.17. The van der Waals surface area contributed by atoms with Crippen molar-refractivity contribution < 1.29 is 18.4 Å². The predicted molar refractivity (Wildman–Crippen MR) is 117 cm³/mol. The summed E-state index contributed by atoms with van der Waals surface area (Å²) < 4.78 is 28.4. The Balaban J connectivity index is 1.87. The monoisotopic (exact) mass is 461 g/mol. The highest BCUT2D eigenvalue weighted by Crippen LogP contribution is 2.44. The zero-order valence-corrected chi connectivity index (χ0v) is 18.1. The number of nitrogens with one attached hydrogen (secondary N) is 1. The summed E-state index contributed by atoms with van der Waals surface area (Å²) in [5.74, 6) is -1.21. The number of nitrogens with zero attached hydrogens (tertiary/aromatic N) is 3. The summed E-state index contributed by atoms with van der Waals surface area (Å²) in [5.41, 5.74) is 6.52. The van der Waals surface area contributed by atoms with Crippen LogP contribution < -0.4 is 11.1 Å². The van der Waals surface area contributed by atoms with Crippen LogP contribution in [-0.4, -0.2) is 26.6 Å². The van der Waals surface area contributed by atoms with Crippen LogP contribution in [0.3, 0.4) is 0 Å². The largest absolute Gasteiger partial charge is 0.365 e. The van der Waals surface area contributed by atoms with Crippen LogP contribution in [0.1, 0.15) is 32.4 Å². The van der Waals surface area contributed by atoms with Crippen molar-refractivity contribution >= 4 is 50.4 Å². The van der Waals surface area contributed by atoms with Gasteiger partial charge in [0.05, 0.1) is 11.4 Å². The standard InChI is InChI=1S/C20H17F2N5O2S2/c1-9-5-6-27(26-9)8-14(28)25-16-15-11(13-4-3-10(2)30-13)7-12(18(21)22)24-20(15)31-17(16)19(23)29/h3-7,18H,8H2,1-2H3,(H2,23,29)(H,25,28). The van der Waals surface area contributed by atoms with E-state index >= 15 is 0 Å². The molecule has 0 aliphatic heterocycles.